The van der Waals surface area contributed by atoms with Crippen LogP contribution in [0, 0.1) is 29.6 Å². The average molecular weight is 653 g/mol. The third-order valence-corrected chi connectivity index (χ3v) is 9.50. The fourth-order valence-corrected chi connectivity index (χ4v) is 6.62. The lowest BCUT2D eigenvalue weighted by molar-refractivity contribution is -0.121. The molecule has 1 aliphatic carbocycles. The van der Waals surface area contributed by atoms with E-state index in [9.17, 15) is 26.9 Å². The number of aromatic nitrogens is 2. The normalized spacial score (nSPS) is 21.2. The van der Waals surface area contributed by atoms with Crippen LogP contribution in [0.3, 0.4) is 0 Å². The molecule has 1 atom stereocenters. The topological polar surface area (TPSA) is 138 Å². The maximum absolute atomic E-state index is 12.3. The van der Waals surface area contributed by atoms with Gasteiger partial charge < -0.3 is 20.1 Å². The Morgan fingerprint density at radius 1 is 1.20 bits per heavy atom. The molecule has 14 heteroatoms. The number of sulfonamides is 1. The van der Waals surface area contributed by atoms with Gasteiger partial charge in [0.1, 0.15) is 12.4 Å². The molecule has 45 heavy (non-hydrogen) atoms. The van der Waals surface area contributed by atoms with Crippen LogP contribution >= 0.6 is 0 Å². The fraction of sp³-hybridized carbons (Fsp3) is 0.645. The summed E-state index contributed by atoms with van der Waals surface area (Å²) in [5, 5.41) is 16.6. The van der Waals surface area contributed by atoms with Gasteiger partial charge in [0.25, 0.3) is 0 Å². The molecule has 4 rings (SSSR count). The van der Waals surface area contributed by atoms with E-state index in [0.29, 0.717) is 38.5 Å². The van der Waals surface area contributed by atoms with Crippen LogP contribution in [0.15, 0.2) is 30.5 Å². The molecule has 0 spiro atoms. The van der Waals surface area contributed by atoms with Gasteiger partial charge in [0.15, 0.2) is 5.94 Å². The summed E-state index contributed by atoms with van der Waals surface area (Å²) in [6, 6.07) is 10.6. The summed E-state index contributed by atoms with van der Waals surface area (Å²) in [5.41, 5.74) is 3.49. The molecular formula is C31H43F3N6O4S. The van der Waals surface area contributed by atoms with Crippen molar-refractivity contribution in [3.8, 4) is 17.3 Å². The third-order valence-electron chi connectivity index (χ3n) is 8.44. The second kappa shape index (κ2) is 15.6. The lowest BCUT2D eigenvalue weighted by Crippen LogP contribution is -2.42. The molecule has 1 saturated heterocycles. The largest absolute Gasteiger partial charge is 0.402 e. The Labute approximate surface area is 263 Å². The highest BCUT2D eigenvalue weighted by Crippen LogP contribution is 2.31. The van der Waals surface area contributed by atoms with Crippen LogP contribution < -0.4 is 15.4 Å². The van der Waals surface area contributed by atoms with Crippen LogP contribution in [0.4, 0.5) is 19.0 Å². The van der Waals surface area contributed by atoms with Crippen molar-refractivity contribution < 1.29 is 31.1 Å². The summed E-state index contributed by atoms with van der Waals surface area (Å²) in [6.07, 6.45) is 3.46. The van der Waals surface area contributed by atoms with Gasteiger partial charge in [0.2, 0.25) is 10.0 Å². The molecule has 3 N–H and O–H groups in total. The molecule has 2 aromatic heterocycles. The summed E-state index contributed by atoms with van der Waals surface area (Å²) in [7, 11) is -4.16. The first-order valence-corrected chi connectivity index (χ1v) is 17.0. The van der Waals surface area contributed by atoms with Crippen LogP contribution in [0.5, 0.6) is 0 Å². The molecule has 0 radical (unpaired) electrons. The molecule has 10 nitrogen and oxygen atoms in total. The van der Waals surface area contributed by atoms with Gasteiger partial charge in [-0.1, -0.05) is 6.07 Å². The van der Waals surface area contributed by atoms with Crippen molar-refractivity contribution in [3.63, 3.8) is 0 Å². The molecule has 2 aromatic rings. The Kier molecular flexibility index (Phi) is 12.2. The Hall–Kier alpha value is -2.83. The quantitative estimate of drug-likeness (QED) is 0.265. The van der Waals surface area contributed by atoms with Crippen molar-refractivity contribution in [2.45, 2.75) is 77.1 Å². The Morgan fingerprint density at radius 2 is 1.93 bits per heavy atom. The predicted molar refractivity (Wildman–Crippen MR) is 165 cm³/mol. The van der Waals surface area contributed by atoms with E-state index >= 15 is 0 Å². The number of nitrogens with one attached hydrogen (secondary N) is 3. The Balaban J connectivity index is 1.24. The maximum atomic E-state index is 12.3. The molecule has 1 saturated carbocycles. The number of nitriles is 1. The number of ether oxygens (including phenoxy) is 2. The maximum Gasteiger partial charge on any atom is 0.402 e. The number of anilines is 1. The molecule has 0 unspecified atom stereocenters. The smallest absolute Gasteiger partial charge is 0.381 e. The molecule has 2 fully saturated rings. The zero-order valence-corrected chi connectivity index (χ0v) is 26.6. The molecule has 248 valence electrons. The third kappa shape index (κ3) is 11.2. The monoisotopic (exact) mass is 652 g/mol. The lowest BCUT2D eigenvalue weighted by atomic mass is 9.82. The first-order chi connectivity index (χ1) is 21.4. The number of hydrogen-bond acceptors (Lipinski definition) is 9. The first kappa shape index (κ1) is 35.0. The van der Waals surface area contributed by atoms with Gasteiger partial charge >= 0.3 is 6.18 Å². The number of nitrogens with zero attached hydrogens (tertiary/aromatic N) is 3. The minimum absolute atomic E-state index is 0.0713. The standard InChI is InChI=1S/C31H43F3N6O4S/c1-22-16-36-26(15-27(22)28-4-3-5-29(40-28)37-19-30(18-35)10-12-43-13-11-30)14-24-6-8-25(9-7-24)39-23(2)17-44-21-45(41,42)38-20-31(32,33)34/h3-5,15-16,23-25,38-39H,6-14,17,19-21H2,1-2H3,(H,37,40)/t23-,24?,25?/m1/s1. The van der Waals surface area contributed by atoms with Crippen LogP contribution in [0.2, 0.25) is 0 Å². The highest BCUT2D eigenvalue weighted by Gasteiger charge is 2.33. The minimum atomic E-state index is -4.62. The Bertz CT molecular complexity index is 1400. The number of aryl methyl sites for hydroxylation is 1. The zero-order valence-electron chi connectivity index (χ0n) is 25.8. The van der Waals surface area contributed by atoms with E-state index in [2.05, 4.69) is 22.8 Å². The molecule has 3 heterocycles. The van der Waals surface area contributed by atoms with E-state index in [1.54, 1.807) is 0 Å². The molecule has 2 aliphatic rings. The van der Waals surface area contributed by atoms with Crippen molar-refractivity contribution in [1.29, 1.82) is 5.26 Å². The van der Waals surface area contributed by atoms with Gasteiger partial charge in [0, 0.05) is 49.3 Å². The van der Waals surface area contributed by atoms with Gasteiger partial charge in [-0.3, -0.25) is 4.98 Å². The van der Waals surface area contributed by atoms with Crippen molar-refractivity contribution in [2.75, 3.05) is 44.2 Å². The Morgan fingerprint density at radius 3 is 2.62 bits per heavy atom. The number of halogens is 3. The molecule has 0 aromatic carbocycles. The highest BCUT2D eigenvalue weighted by atomic mass is 32.2. The van der Waals surface area contributed by atoms with Crippen molar-refractivity contribution >= 4 is 15.8 Å². The van der Waals surface area contributed by atoms with E-state index in [0.717, 1.165) is 60.4 Å². The van der Waals surface area contributed by atoms with E-state index in [1.165, 1.54) is 4.72 Å². The summed E-state index contributed by atoms with van der Waals surface area (Å²) < 4.78 is 72.3. The van der Waals surface area contributed by atoms with Gasteiger partial charge in [-0.15, -0.1) is 0 Å². The van der Waals surface area contributed by atoms with E-state index < -0.39 is 34.1 Å². The summed E-state index contributed by atoms with van der Waals surface area (Å²) >= 11 is 0. The summed E-state index contributed by atoms with van der Waals surface area (Å²) in [5.74, 6) is 0.392. The average Bonchev–Trinajstić information content (AvgIpc) is 3.01. The number of pyridine rings is 2. The number of alkyl halides is 3. The summed E-state index contributed by atoms with van der Waals surface area (Å²) in [4.78, 5) is 9.56. The van der Waals surface area contributed by atoms with E-state index in [-0.39, 0.29) is 18.7 Å². The lowest BCUT2D eigenvalue weighted by Gasteiger charge is -2.31. The van der Waals surface area contributed by atoms with Gasteiger partial charge in [0.05, 0.1) is 23.8 Å². The van der Waals surface area contributed by atoms with Crippen LogP contribution in [0.25, 0.3) is 11.3 Å². The van der Waals surface area contributed by atoms with E-state index in [4.69, 9.17) is 19.4 Å². The van der Waals surface area contributed by atoms with Crippen molar-refractivity contribution in [3.05, 3.63) is 41.7 Å². The summed E-state index contributed by atoms with van der Waals surface area (Å²) in [6.45, 7) is 4.07. The molecule has 0 amide bonds. The number of hydrogen-bond donors (Lipinski definition) is 3. The fourth-order valence-electron chi connectivity index (χ4n) is 5.84. The molecular weight excluding hydrogens is 609 g/mol. The highest BCUT2D eigenvalue weighted by molar-refractivity contribution is 7.89. The molecule has 1 aliphatic heterocycles. The van der Waals surface area contributed by atoms with Gasteiger partial charge in [-0.25, -0.2) is 18.1 Å². The van der Waals surface area contributed by atoms with Crippen LogP contribution in [-0.4, -0.2) is 75.5 Å². The molecule has 0 bridgehead atoms. The predicted octanol–water partition coefficient (Wildman–Crippen LogP) is 4.72. The van der Waals surface area contributed by atoms with Crippen molar-refractivity contribution in [2.24, 2.45) is 11.3 Å². The minimum Gasteiger partial charge on any atom is -0.381 e. The SMILES string of the molecule is Cc1cnc(CC2CCC(N[C@H](C)COCS(=O)(=O)NCC(F)(F)F)CC2)cc1-c1cccc(NCC2(C#N)CCOCC2)n1. The van der Waals surface area contributed by atoms with Crippen LogP contribution in [0.1, 0.15) is 56.7 Å². The van der Waals surface area contributed by atoms with Gasteiger partial charge in [-0.05, 0) is 88.5 Å². The van der Waals surface area contributed by atoms with Gasteiger partial charge in [-0.2, -0.15) is 18.4 Å². The number of rotatable bonds is 14. The zero-order chi connectivity index (χ0) is 32.5. The second-order valence-corrected chi connectivity index (χ2v) is 14.0. The second-order valence-electron chi connectivity index (χ2n) is 12.3. The van der Waals surface area contributed by atoms with Crippen molar-refractivity contribution in [1.82, 2.24) is 20.0 Å². The van der Waals surface area contributed by atoms with Crippen LogP contribution in [-0.2, 0) is 25.9 Å². The first-order valence-electron chi connectivity index (χ1n) is 15.4. The van der Waals surface area contributed by atoms with E-state index in [1.807, 2.05) is 38.2 Å².